The Hall–Kier alpha value is -1.43. The van der Waals surface area contributed by atoms with Crippen LogP contribution in [0.4, 0.5) is 0 Å². The lowest BCUT2D eigenvalue weighted by molar-refractivity contribution is -0.147. The smallest absolute Gasteiger partial charge is 0.321 e. The SMILES string of the molecule is CC1CCCN(Cc2ncno2)C1C(=O)O. The van der Waals surface area contributed by atoms with Gasteiger partial charge >= 0.3 is 5.97 Å². The lowest BCUT2D eigenvalue weighted by Gasteiger charge is -2.36. The van der Waals surface area contributed by atoms with Gasteiger partial charge in [0.05, 0.1) is 6.54 Å². The van der Waals surface area contributed by atoms with Gasteiger partial charge in [-0.2, -0.15) is 4.98 Å². The Morgan fingerprint density at radius 1 is 1.75 bits per heavy atom. The van der Waals surface area contributed by atoms with Crippen molar-refractivity contribution in [2.45, 2.75) is 32.4 Å². The predicted octanol–water partition coefficient (Wildman–Crippen LogP) is 0.755. The molecule has 88 valence electrons. The molecule has 6 nitrogen and oxygen atoms in total. The van der Waals surface area contributed by atoms with Gasteiger partial charge in [-0.1, -0.05) is 12.1 Å². The fraction of sp³-hybridized carbons (Fsp3) is 0.700. The topological polar surface area (TPSA) is 79.5 Å². The summed E-state index contributed by atoms with van der Waals surface area (Å²) in [5, 5.41) is 12.7. The number of likely N-dealkylation sites (tertiary alicyclic amines) is 1. The third-order valence-corrected chi connectivity index (χ3v) is 3.04. The number of carboxylic acids is 1. The number of nitrogens with zero attached hydrogens (tertiary/aromatic N) is 3. The van der Waals surface area contributed by atoms with Gasteiger partial charge in [-0.25, -0.2) is 0 Å². The molecule has 1 N–H and O–H groups in total. The van der Waals surface area contributed by atoms with Gasteiger partial charge in [0, 0.05) is 0 Å². The van der Waals surface area contributed by atoms with Crippen molar-refractivity contribution in [2.24, 2.45) is 5.92 Å². The second-order valence-corrected chi connectivity index (χ2v) is 4.21. The molecule has 1 fully saturated rings. The van der Waals surface area contributed by atoms with Crippen LogP contribution in [0, 0.1) is 5.92 Å². The number of hydrogen-bond donors (Lipinski definition) is 1. The Morgan fingerprint density at radius 2 is 2.56 bits per heavy atom. The first-order valence-corrected chi connectivity index (χ1v) is 5.41. The lowest BCUT2D eigenvalue weighted by atomic mass is 9.91. The standard InChI is InChI=1S/C10H15N3O3/c1-7-3-2-4-13(9(7)10(14)15)5-8-11-6-12-16-8/h6-7,9H,2-5H2,1H3,(H,14,15). The molecule has 2 atom stereocenters. The van der Waals surface area contributed by atoms with Crippen molar-refractivity contribution in [1.29, 1.82) is 0 Å². The fourth-order valence-corrected chi connectivity index (χ4v) is 2.29. The Morgan fingerprint density at radius 3 is 3.19 bits per heavy atom. The Kier molecular flexibility index (Phi) is 3.19. The molecular formula is C10H15N3O3. The van der Waals surface area contributed by atoms with E-state index in [4.69, 9.17) is 4.52 Å². The number of carbonyl (C=O) groups is 1. The predicted molar refractivity (Wildman–Crippen MR) is 54.5 cm³/mol. The number of aromatic nitrogens is 2. The van der Waals surface area contributed by atoms with Crippen molar-refractivity contribution >= 4 is 5.97 Å². The minimum atomic E-state index is -0.772. The van der Waals surface area contributed by atoms with Gasteiger partial charge in [0.25, 0.3) is 0 Å². The molecule has 1 aromatic heterocycles. The van der Waals surface area contributed by atoms with Crippen LogP contribution in [0.1, 0.15) is 25.7 Å². The Balaban J connectivity index is 2.08. The zero-order valence-corrected chi connectivity index (χ0v) is 9.17. The third-order valence-electron chi connectivity index (χ3n) is 3.04. The van der Waals surface area contributed by atoms with Gasteiger partial charge in [0.2, 0.25) is 5.89 Å². The number of hydrogen-bond acceptors (Lipinski definition) is 5. The summed E-state index contributed by atoms with van der Waals surface area (Å²) in [7, 11) is 0. The molecule has 0 aliphatic carbocycles. The summed E-state index contributed by atoms with van der Waals surface area (Å²) >= 11 is 0. The van der Waals surface area contributed by atoms with Crippen molar-refractivity contribution in [1.82, 2.24) is 15.0 Å². The average molecular weight is 225 g/mol. The maximum atomic E-state index is 11.2. The molecule has 0 radical (unpaired) electrons. The van der Waals surface area contributed by atoms with Gasteiger partial charge in [-0.05, 0) is 25.3 Å². The summed E-state index contributed by atoms with van der Waals surface area (Å²) in [5.41, 5.74) is 0. The summed E-state index contributed by atoms with van der Waals surface area (Å²) in [6, 6.07) is -0.444. The van der Waals surface area contributed by atoms with Gasteiger partial charge in [0.1, 0.15) is 6.04 Å². The first-order chi connectivity index (χ1) is 7.68. The normalized spacial score (nSPS) is 26.8. The fourth-order valence-electron chi connectivity index (χ4n) is 2.29. The van der Waals surface area contributed by atoms with Crippen LogP contribution in [0.15, 0.2) is 10.9 Å². The number of carboxylic acid groups (broad SMARTS) is 1. The van der Waals surface area contributed by atoms with Crippen LogP contribution in [0.25, 0.3) is 0 Å². The second-order valence-electron chi connectivity index (χ2n) is 4.21. The molecule has 1 aliphatic rings. The van der Waals surface area contributed by atoms with Crippen molar-refractivity contribution < 1.29 is 14.4 Å². The van der Waals surface area contributed by atoms with Gasteiger partial charge in [-0.15, -0.1) is 0 Å². The van der Waals surface area contributed by atoms with Gasteiger partial charge < -0.3 is 9.63 Å². The highest BCUT2D eigenvalue weighted by atomic mass is 16.5. The molecule has 0 amide bonds. The van der Waals surface area contributed by atoms with Crippen LogP contribution in [0.2, 0.25) is 0 Å². The van der Waals surface area contributed by atoms with Crippen LogP contribution < -0.4 is 0 Å². The van der Waals surface area contributed by atoms with Crippen molar-refractivity contribution in [3.05, 3.63) is 12.2 Å². The molecule has 2 rings (SSSR count). The molecule has 6 heteroatoms. The molecule has 0 aromatic carbocycles. The van der Waals surface area contributed by atoms with E-state index < -0.39 is 12.0 Å². The molecule has 0 bridgehead atoms. The Bertz CT molecular complexity index is 352. The maximum absolute atomic E-state index is 11.2. The average Bonchev–Trinajstić information content (AvgIpc) is 2.70. The van der Waals surface area contributed by atoms with Crippen LogP contribution in [-0.2, 0) is 11.3 Å². The van der Waals surface area contributed by atoms with E-state index in [-0.39, 0.29) is 5.92 Å². The van der Waals surface area contributed by atoms with E-state index in [0.717, 1.165) is 19.4 Å². The lowest BCUT2D eigenvalue weighted by Crippen LogP contribution is -2.48. The van der Waals surface area contributed by atoms with Crippen LogP contribution >= 0.6 is 0 Å². The Labute approximate surface area is 93.2 Å². The highest BCUT2D eigenvalue weighted by molar-refractivity contribution is 5.74. The van der Waals surface area contributed by atoms with E-state index in [1.54, 1.807) is 0 Å². The van der Waals surface area contributed by atoms with E-state index >= 15 is 0 Å². The van der Waals surface area contributed by atoms with Crippen LogP contribution in [0.3, 0.4) is 0 Å². The van der Waals surface area contributed by atoms with Gasteiger partial charge in [0.15, 0.2) is 6.33 Å². The van der Waals surface area contributed by atoms with E-state index in [0.29, 0.717) is 12.4 Å². The summed E-state index contributed by atoms with van der Waals surface area (Å²) in [6.45, 7) is 3.16. The van der Waals surface area contributed by atoms with E-state index in [1.165, 1.54) is 6.33 Å². The van der Waals surface area contributed by atoms with Gasteiger partial charge in [-0.3, -0.25) is 9.69 Å². The highest BCUT2D eigenvalue weighted by Gasteiger charge is 2.34. The number of rotatable bonds is 3. The van der Waals surface area contributed by atoms with Crippen molar-refractivity contribution in [3.63, 3.8) is 0 Å². The second kappa shape index (κ2) is 4.61. The quantitative estimate of drug-likeness (QED) is 0.817. The minimum Gasteiger partial charge on any atom is -0.480 e. The molecule has 2 unspecified atom stereocenters. The van der Waals surface area contributed by atoms with Crippen LogP contribution in [0.5, 0.6) is 0 Å². The molecule has 2 heterocycles. The highest BCUT2D eigenvalue weighted by Crippen LogP contribution is 2.24. The van der Waals surface area contributed by atoms with Crippen LogP contribution in [-0.4, -0.2) is 38.7 Å². The number of piperidine rings is 1. The summed E-state index contributed by atoms with van der Waals surface area (Å²) in [5.74, 6) is -0.138. The summed E-state index contributed by atoms with van der Waals surface area (Å²) in [6.07, 6.45) is 3.30. The largest absolute Gasteiger partial charge is 0.480 e. The van der Waals surface area contributed by atoms with E-state index in [2.05, 4.69) is 10.1 Å². The van der Waals surface area contributed by atoms with Crippen molar-refractivity contribution in [2.75, 3.05) is 6.54 Å². The molecule has 0 saturated carbocycles. The molecule has 1 aliphatic heterocycles. The maximum Gasteiger partial charge on any atom is 0.321 e. The molecular weight excluding hydrogens is 210 g/mol. The van der Waals surface area contributed by atoms with Crippen molar-refractivity contribution in [3.8, 4) is 0 Å². The first kappa shape index (κ1) is 11.1. The summed E-state index contributed by atoms with van der Waals surface area (Å²) in [4.78, 5) is 17.0. The van der Waals surface area contributed by atoms with E-state index in [1.807, 2.05) is 11.8 Å². The number of aliphatic carboxylic acids is 1. The molecule has 1 saturated heterocycles. The third kappa shape index (κ3) is 2.21. The minimum absolute atomic E-state index is 0.161. The summed E-state index contributed by atoms with van der Waals surface area (Å²) < 4.78 is 4.90. The zero-order valence-electron chi connectivity index (χ0n) is 9.17. The molecule has 0 spiro atoms. The molecule has 16 heavy (non-hydrogen) atoms. The molecule has 1 aromatic rings. The van der Waals surface area contributed by atoms with E-state index in [9.17, 15) is 9.90 Å². The monoisotopic (exact) mass is 225 g/mol. The first-order valence-electron chi connectivity index (χ1n) is 5.41. The zero-order chi connectivity index (χ0) is 11.5.